The average Bonchev–Trinajstić information content (AvgIpc) is 2.95. The Labute approximate surface area is 120 Å². The van der Waals surface area contributed by atoms with Crippen LogP contribution in [0.4, 0.5) is 0 Å². The molecule has 4 rings (SSSR count). The van der Waals surface area contributed by atoms with Gasteiger partial charge in [-0.15, -0.1) is 0 Å². The highest BCUT2D eigenvalue weighted by Gasteiger charge is 2.38. The van der Waals surface area contributed by atoms with Crippen molar-refractivity contribution in [1.29, 1.82) is 0 Å². The van der Waals surface area contributed by atoms with Crippen molar-refractivity contribution in [2.45, 2.75) is 58.0 Å². The van der Waals surface area contributed by atoms with Crippen molar-refractivity contribution in [2.24, 2.45) is 5.41 Å². The zero-order valence-corrected chi connectivity index (χ0v) is 12.6. The summed E-state index contributed by atoms with van der Waals surface area (Å²) < 4.78 is 2.43. The normalized spacial score (nSPS) is 29.7. The van der Waals surface area contributed by atoms with E-state index in [9.17, 15) is 4.79 Å². The summed E-state index contributed by atoms with van der Waals surface area (Å²) in [5.74, 6) is 0.340. The first-order valence-corrected chi connectivity index (χ1v) is 8.00. The summed E-state index contributed by atoms with van der Waals surface area (Å²) in [5.41, 5.74) is 2.41. The Morgan fingerprint density at radius 1 is 1.15 bits per heavy atom. The third kappa shape index (κ3) is 2.03. The molecule has 1 aliphatic heterocycles. The van der Waals surface area contributed by atoms with Crippen molar-refractivity contribution < 1.29 is 4.79 Å². The van der Waals surface area contributed by atoms with Crippen LogP contribution in [0.3, 0.4) is 0 Å². The number of Topliss-reactive ketones (excluding diaryl/α,β-unsaturated/α-hetero) is 1. The molecule has 3 aliphatic rings. The fourth-order valence-corrected chi connectivity index (χ4v) is 4.07. The number of nitrogens with zero attached hydrogens (tertiary/aromatic N) is 2. The first-order chi connectivity index (χ1) is 9.53. The Kier molecular flexibility index (Phi) is 2.65. The average molecular weight is 272 g/mol. The molecule has 1 saturated carbocycles. The van der Waals surface area contributed by atoms with Crippen LogP contribution in [0.15, 0.2) is 12.3 Å². The van der Waals surface area contributed by atoms with Crippen LogP contribution < -0.4 is 0 Å². The van der Waals surface area contributed by atoms with E-state index in [1.54, 1.807) is 0 Å². The highest BCUT2D eigenvalue weighted by atomic mass is 16.1. The summed E-state index contributed by atoms with van der Waals surface area (Å²) in [6.07, 6.45) is 7.94. The molecule has 1 aromatic rings. The van der Waals surface area contributed by atoms with Crippen molar-refractivity contribution in [2.75, 3.05) is 13.1 Å². The first kappa shape index (κ1) is 12.6. The van der Waals surface area contributed by atoms with Crippen molar-refractivity contribution in [3.05, 3.63) is 23.5 Å². The maximum atomic E-state index is 12.3. The molecule has 2 heterocycles. The second-order valence-electron chi connectivity index (χ2n) is 7.69. The fraction of sp³-hybridized carbons (Fsp3) is 0.706. The van der Waals surface area contributed by atoms with Gasteiger partial charge in [-0.05, 0) is 37.2 Å². The lowest BCUT2D eigenvalue weighted by Crippen LogP contribution is -2.29. The molecular weight excluding hydrogens is 248 g/mol. The molecule has 1 unspecified atom stereocenters. The zero-order chi connectivity index (χ0) is 13.9. The molecule has 1 atom stereocenters. The van der Waals surface area contributed by atoms with E-state index in [0.717, 1.165) is 18.0 Å². The Balaban J connectivity index is 1.62. The van der Waals surface area contributed by atoms with Crippen LogP contribution in [0.25, 0.3) is 0 Å². The Bertz CT molecular complexity index is 553. The number of hydrogen-bond acceptors (Lipinski definition) is 2. The minimum Gasteiger partial charge on any atom is -0.346 e. The van der Waals surface area contributed by atoms with Gasteiger partial charge in [0.25, 0.3) is 0 Å². The molecule has 3 nitrogen and oxygen atoms in total. The number of carbonyl (C=O) groups is 1. The number of hydrogen-bond donors (Lipinski definition) is 0. The summed E-state index contributed by atoms with van der Waals surface area (Å²) in [6, 6.07) is 3.51. The van der Waals surface area contributed by atoms with Crippen LogP contribution >= 0.6 is 0 Å². The Morgan fingerprint density at radius 2 is 1.95 bits per heavy atom. The molecule has 108 valence electrons. The maximum Gasteiger partial charge on any atom is 0.165 e. The van der Waals surface area contributed by atoms with Crippen LogP contribution in [0.5, 0.6) is 0 Å². The van der Waals surface area contributed by atoms with Gasteiger partial charge in [0, 0.05) is 49.0 Å². The summed E-state index contributed by atoms with van der Waals surface area (Å²) in [4.78, 5) is 14.9. The number of likely N-dealkylation sites (tertiary alicyclic amines) is 1. The smallest absolute Gasteiger partial charge is 0.165 e. The Hall–Kier alpha value is -1.09. The van der Waals surface area contributed by atoms with Gasteiger partial charge in [-0.25, -0.2) is 0 Å². The molecule has 20 heavy (non-hydrogen) atoms. The highest BCUT2D eigenvalue weighted by molar-refractivity contribution is 5.98. The van der Waals surface area contributed by atoms with E-state index in [2.05, 4.69) is 35.6 Å². The third-order valence-electron chi connectivity index (χ3n) is 5.26. The van der Waals surface area contributed by atoms with E-state index in [1.807, 2.05) is 0 Å². The van der Waals surface area contributed by atoms with Crippen molar-refractivity contribution >= 4 is 5.78 Å². The molecule has 1 aromatic heterocycles. The van der Waals surface area contributed by atoms with Crippen molar-refractivity contribution in [1.82, 2.24) is 9.47 Å². The van der Waals surface area contributed by atoms with Crippen LogP contribution in [0.1, 0.15) is 61.6 Å². The predicted molar refractivity (Wildman–Crippen MR) is 79.1 cm³/mol. The standard InChI is InChI=1S/C17H24N2O/c1-17(2)9-15-14(16(20)10-17)6-8-19(15)13-5-7-18(11-13)12-3-4-12/h6,8,12-13H,3-5,7,9-11H2,1-2H3. The number of carbonyl (C=O) groups excluding carboxylic acids is 1. The van der Waals surface area contributed by atoms with Crippen LogP contribution in [0, 0.1) is 5.41 Å². The lowest BCUT2D eigenvalue weighted by atomic mass is 9.76. The van der Waals surface area contributed by atoms with Gasteiger partial charge in [0.05, 0.1) is 0 Å². The van der Waals surface area contributed by atoms with Gasteiger partial charge in [-0.2, -0.15) is 0 Å². The highest BCUT2D eigenvalue weighted by Crippen LogP contribution is 2.39. The third-order valence-corrected chi connectivity index (χ3v) is 5.26. The molecule has 3 heteroatoms. The molecule has 1 saturated heterocycles. The molecule has 0 amide bonds. The van der Waals surface area contributed by atoms with Gasteiger partial charge in [0.15, 0.2) is 5.78 Å². The largest absolute Gasteiger partial charge is 0.346 e. The predicted octanol–water partition coefficient (Wildman–Crippen LogP) is 3.05. The van der Waals surface area contributed by atoms with E-state index in [4.69, 9.17) is 0 Å². The maximum absolute atomic E-state index is 12.3. The monoisotopic (exact) mass is 272 g/mol. The van der Waals surface area contributed by atoms with Gasteiger partial charge in [0.2, 0.25) is 0 Å². The number of aromatic nitrogens is 1. The number of ketones is 1. The summed E-state index contributed by atoms with van der Waals surface area (Å²) in [5, 5.41) is 0. The van der Waals surface area contributed by atoms with Gasteiger partial charge in [-0.3, -0.25) is 9.69 Å². The first-order valence-electron chi connectivity index (χ1n) is 8.00. The second kappa shape index (κ2) is 4.20. The Morgan fingerprint density at radius 3 is 2.70 bits per heavy atom. The van der Waals surface area contributed by atoms with E-state index in [0.29, 0.717) is 18.2 Å². The fourth-order valence-electron chi connectivity index (χ4n) is 4.07. The molecule has 0 radical (unpaired) electrons. The topological polar surface area (TPSA) is 25.2 Å². The van der Waals surface area contributed by atoms with Gasteiger partial charge in [0.1, 0.15) is 0 Å². The van der Waals surface area contributed by atoms with Gasteiger partial charge >= 0.3 is 0 Å². The second-order valence-corrected chi connectivity index (χ2v) is 7.69. The van der Waals surface area contributed by atoms with E-state index in [1.165, 1.54) is 38.0 Å². The van der Waals surface area contributed by atoms with Crippen LogP contribution in [-0.4, -0.2) is 34.4 Å². The summed E-state index contributed by atoms with van der Waals surface area (Å²) in [6.45, 7) is 6.85. The van der Waals surface area contributed by atoms with E-state index >= 15 is 0 Å². The van der Waals surface area contributed by atoms with E-state index in [-0.39, 0.29) is 5.41 Å². The van der Waals surface area contributed by atoms with Crippen LogP contribution in [0.2, 0.25) is 0 Å². The summed E-state index contributed by atoms with van der Waals surface area (Å²) >= 11 is 0. The zero-order valence-electron chi connectivity index (χ0n) is 12.6. The van der Waals surface area contributed by atoms with Crippen molar-refractivity contribution in [3.63, 3.8) is 0 Å². The lowest BCUT2D eigenvalue weighted by Gasteiger charge is -2.31. The SMILES string of the molecule is CC1(C)CC(=O)c2ccn(C3CCN(C4CC4)C3)c2C1. The van der Waals surface area contributed by atoms with Crippen molar-refractivity contribution in [3.8, 4) is 0 Å². The minimum absolute atomic E-state index is 0.120. The molecule has 0 bridgehead atoms. The van der Waals surface area contributed by atoms with Gasteiger partial charge < -0.3 is 4.57 Å². The van der Waals surface area contributed by atoms with E-state index < -0.39 is 0 Å². The molecule has 0 N–H and O–H groups in total. The molecule has 0 spiro atoms. The van der Waals surface area contributed by atoms with Crippen LogP contribution in [-0.2, 0) is 6.42 Å². The minimum atomic E-state index is 0.120. The molecule has 2 aliphatic carbocycles. The lowest BCUT2D eigenvalue weighted by molar-refractivity contribution is 0.0909. The summed E-state index contributed by atoms with van der Waals surface area (Å²) in [7, 11) is 0. The quantitative estimate of drug-likeness (QED) is 0.827. The molecular formula is C17H24N2O. The number of rotatable bonds is 2. The number of fused-ring (bicyclic) bond motifs is 1. The van der Waals surface area contributed by atoms with Gasteiger partial charge in [-0.1, -0.05) is 13.8 Å². The molecule has 2 fully saturated rings. The molecule has 0 aromatic carbocycles.